The normalized spacial score (nSPS) is 47.1. The predicted molar refractivity (Wildman–Crippen MR) is 121 cm³/mol. The molecule has 1 unspecified atom stereocenters. The van der Waals surface area contributed by atoms with E-state index in [9.17, 15) is 14.6 Å². The largest absolute Gasteiger partial charge is 0.393 e. The maximum atomic E-state index is 13.9. The van der Waals surface area contributed by atoms with Gasteiger partial charge in [-0.05, 0) is 93.8 Å². The monoisotopic (exact) mass is 420 g/mol. The van der Waals surface area contributed by atoms with Crippen LogP contribution in [-0.2, 0) is 0 Å². The third kappa shape index (κ3) is 3.70. The van der Waals surface area contributed by atoms with Gasteiger partial charge in [0, 0.05) is 11.8 Å². The summed E-state index contributed by atoms with van der Waals surface area (Å²) in [6.45, 7) is 10.7. The van der Waals surface area contributed by atoms with Crippen molar-refractivity contribution >= 4 is 0 Å². The van der Waals surface area contributed by atoms with Crippen LogP contribution in [0.15, 0.2) is 11.6 Å². The average molecular weight is 421 g/mol. The van der Waals surface area contributed by atoms with Crippen LogP contribution < -0.4 is 0 Å². The SMILES string of the molecule is C[C@H](CCCC(C)(C)F)[C@H]1CC[C@H]2[C@@H]3CC=C4C[C@@H](O)CC(O)[C@]4(C)[C@H]3CC[C@]12C. The lowest BCUT2D eigenvalue weighted by Gasteiger charge is -2.59. The van der Waals surface area contributed by atoms with Crippen molar-refractivity contribution in [1.82, 2.24) is 0 Å². The smallest absolute Gasteiger partial charge is 0.105 e. The fourth-order valence-electron chi connectivity index (χ4n) is 8.72. The Bertz CT molecular complexity index is 666. The average Bonchev–Trinajstić information content (AvgIpc) is 2.99. The second-order valence-corrected chi connectivity index (χ2v) is 12.6. The van der Waals surface area contributed by atoms with E-state index in [2.05, 4.69) is 26.8 Å². The third-order valence-electron chi connectivity index (χ3n) is 10.4. The van der Waals surface area contributed by atoms with Gasteiger partial charge in [0.25, 0.3) is 0 Å². The van der Waals surface area contributed by atoms with Crippen LogP contribution in [0.25, 0.3) is 0 Å². The number of rotatable bonds is 5. The molecule has 172 valence electrons. The first kappa shape index (κ1) is 22.8. The maximum absolute atomic E-state index is 13.9. The van der Waals surface area contributed by atoms with Gasteiger partial charge >= 0.3 is 0 Å². The molecule has 2 N–H and O–H groups in total. The molecule has 4 rings (SSSR count). The van der Waals surface area contributed by atoms with Crippen LogP contribution in [0.5, 0.6) is 0 Å². The summed E-state index contributed by atoms with van der Waals surface area (Å²) in [4.78, 5) is 0. The van der Waals surface area contributed by atoms with Crippen molar-refractivity contribution in [2.45, 2.75) is 117 Å². The molecule has 0 bridgehead atoms. The van der Waals surface area contributed by atoms with Gasteiger partial charge in [-0.2, -0.15) is 0 Å². The van der Waals surface area contributed by atoms with Gasteiger partial charge in [0.1, 0.15) is 5.67 Å². The Labute approximate surface area is 183 Å². The van der Waals surface area contributed by atoms with Crippen molar-refractivity contribution in [3.8, 4) is 0 Å². The van der Waals surface area contributed by atoms with E-state index in [1.807, 2.05) is 0 Å². The van der Waals surface area contributed by atoms with Crippen LogP contribution in [0, 0.1) is 40.4 Å². The summed E-state index contributed by atoms with van der Waals surface area (Å²) in [7, 11) is 0. The molecule has 4 aliphatic rings. The first-order valence-corrected chi connectivity index (χ1v) is 12.7. The Hall–Kier alpha value is -0.410. The van der Waals surface area contributed by atoms with E-state index in [1.54, 1.807) is 13.8 Å². The molecular weight excluding hydrogens is 375 g/mol. The Kier molecular flexibility index (Phi) is 5.97. The molecule has 0 aromatic carbocycles. The van der Waals surface area contributed by atoms with Crippen molar-refractivity contribution in [3.05, 3.63) is 11.6 Å². The van der Waals surface area contributed by atoms with E-state index in [1.165, 1.54) is 31.3 Å². The summed E-state index contributed by atoms with van der Waals surface area (Å²) in [5.41, 5.74) is 0.540. The fraction of sp³-hybridized carbons (Fsp3) is 0.926. The molecule has 0 radical (unpaired) electrons. The Morgan fingerprint density at radius 3 is 2.60 bits per heavy atom. The second-order valence-electron chi connectivity index (χ2n) is 12.6. The molecule has 0 heterocycles. The molecule has 4 aliphatic carbocycles. The lowest BCUT2D eigenvalue weighted by Crippen LogP contribution is -2.55. The highest BCUT2D eigenvalue weighted by molar-refractivity contribution is 5.27. The van der Waals surface area contributed by atoms with Crippen LogP contribution in [0.2, 0.25) is 0 Å². The maximum Gasteiger partial charge on any atom is 0.105 e. The van der Waals surface area contributed by atoms with Crippen molar-refractivity contribution in [2.24, 2.45) is 40.4 Å². The summed E-state index contributed by atoms with van der Waals surface area (Å²) in [6.07, 6.45) is 11.9. The zero-order valence-electron chi connectivity index (χ0n) is 20.0. The molecule has 9 atom stereocenters. The number of allylic oxidation sites excluding steroid dienone is 1. The van der Waals surface area contributed by atoms with Gasteiger partial charge in [0.2, 0.25) is 0 Å². The molecule has 0 spiro atoms. The van der Waals surface area contributed by atoms with Gasteiger partial charge in [-0.3, -0.25) is 0 Å². The van der Waals surface area contributed by atoms with Crippen molar-refractivity contribution in [2.75, 3.05) is 0 Å². The minimum Gasteiger partial charge on any atom is -0.393 e. The van der Waals surface area contributed by atoms with Gasteiger partial charge < -0.3 is 10.2 Å². The van der Waals surface area contributed by atoms with Crippen molar-refractivity contribution in [1.29, 1.82) is 0 Å². The molecule has 0 aromatic heterocycles. The van der Waals surface area contributed by atoms with Crippen molar-refractivity contribution in [3.63, 3.8) is 0 Å². The summed E-state index contributed by atoms with van der Waals surface area (Å²) in [5, 5.41) is 21.3. The highest BCUT2D eigenvalue weighted by Gasteiger charge is 2.60. The first-order valence-electron chi connectivity index (χ1n) is 12.7. The predicted octanol–water partition coefficient (Wildman–Crippen LogP) is 6.45. The summed E-state index contributed by atoms with van der Waals surface area (Å²) >= 11 is 0. The Balaban J connectivity index is 1.50. The molecule has 3 fully saturated rings. The van der Waals surface area contributed by atoms with Gasteiger partial charge in [-0.15, -0.1) is 0 Å². The molecule has 3 saturated carbocycles. The van der Waals surface area contributed by atoms with E-state index in [0.717, 1.165) is 37.5 Å². The number of hydrogen-bond acceptors (Lipinski definition) is 2. The summed E-state index contributed by atoms with van der Waals surface area (Å²) in [5.74, 6) is 3.39. The minimum absolute atomic E-state index is 0.139. The Morgan fingerprint density at radius 1 is 1.17 bits per heavy atom. The standard InChI is InChI=1S/C27H45FO2/c1-17(7-6-13-25(2,3)28)21-10-11-22-20-9-8-18-15-19(29)16-24(30)27(18,5)23(20)12-14-26(21,22)4/h8,17,19-24,29-30H,6-7,9-16H2,1-5H3/t17-,19-,20+,21-,22+,23+,24?,26-,27+/m1/s1. The van der Waals surface area contributed by atoms with E-state index >= 15 is 0 Å². The number of hydrogen-bond donors (Lipinski definition) is 2. The van der Waals surface area contributed by atoms with Gasteiger partial charge in [0.15, 0.2) is 0 Å². The molecule has 0 amide bonds. The summed E-state index contributed by atoms with van der Waals surface area (Å²) < 4.78 is 13.9. The lowest BCUT2D eigenvalue weighted by molar-refractivity contribution is -0.108. The van der Waals surface area contributed by atoms with Crippen LogP contribution in [0.4, 0.5) is 4.39 Å². The van der Waals surface area contributed by atoms with Gasteiger partial charge in [-0.25, -0.2) is 4.39 Å². The van der Waals surface area contributed by atoms with E-state index < -0.39 is 11.8 Å². The minimum atomic E-state index is -1.05. The second kappa shape index (κ2) is 7.87. The number of halogens is 1. The molecule has 2 nitrogen and oxygen atoms in total. The highest BCUT2D eigenvalue weighted by atomic mass is 19.1. The number of aliphatic hydroxyl groups excluding tert-OH is 2. The zero-order valence-corrected chi connectivity index (χ0v) is 20.0. The van der Waals surface area contributed by atoms with Gasteiger partial charge in [0.05, 0.1) is 12.2 Å². The van der Waals surface area contributed by atoms with E-state index in [0.29, 0.717) is 36.0 Å². The number of alkyl halides is 1. The topological polar surface area (TPSA) is 40.5 Å². The summed E-state index contributed by atoms with van der Waals surface area (Å²) in [6, 6.07) is 0. The molecular formula is C27H45FO2. The van der Waals surface area contributed by atoms with Crippen molar-refractivity contribution < 1.29 is 14.6 Å². The lowest BCUT2D eigenvalue weighted by atomic mass is 9.46. The highest BCUT2D eigenvalue weighted by Crippen LogP contribution is 2.67. The van der Waals surface area contributed by atoms with E-state index in [-0.39, 0.29) is 11.5 Å². The molecule has 0 aliphatic heterocycles. The molecule has 3 heteroatoms. The van der Waals surface area contributed by atoms with Crippen LogP contribution in [0.3, 0.4) is 0 Å². The van der Waals surface area contributed by atoms with Crippen LogP contribution in [-0.4, -0.2) is 28.1 Å². The molecule has 0 aromatic rings. The molecule has 0 saturated heterocycles. The fourth-order valence-corrected chi connectivity index (χ4v) is 8.72. The number of fused-ring (bicyclic) bond motifs is 5. The third-order valence-corrected chi connectivity index (χ3v) is 10.4. The van der Waals surface area contributed by atoms with Crippen LogP contribution >= 0.6 is 0 Å². The van der Waals surface area contributed by atoms with Crippen LogP contribution in [0.1, 0.15) is 98.8 Å². The zero-order chi connectivity index (χ0) is 21.9. The first-order chi connectivity index (χ1) is 14.0. The Morgan fingerprint density at radius 2 is 1.90 bits per heavy atom. The number of aliphatic hydroxyl groups is 2. The molecule has 30 heavy (non-hydrogen) atoms. The quantitative estimate of drug-likeness (QED) is 0.502. The van der Waals surface area contributed by atoms with Gasteiger partial charge in [-0.1, -0.05) is 45.3 Å². The van der Waals surface area contributed by atoms with E-state index in [4.69, 9.17) is 0 Å².